The molecule has 0 aromatic heterocycles. The molecule has 0 unspecified atom stereocenters. The van der Waals surface area contributed by atoms with Gasteiger partial charge >= 0.3 is 0 Å². The maximum absolute atomic E-state index is 12.7. The third-order valence-corrected chi connectivity index (χ3v) is 5.51. The van der Waals surface area contributed by atoms with Crippen molar-refractivity contribution in [2.24, 2.45) is 0 Å². The summed E-state index contributed by atoms with van der Waals surface area (Å²) in [7, 11) is 0. The summed E-state index contributed by atoms with van der Waals surface area (Å²) in [5, 5.41) is 3.17. The number of nitrogens with one attached hydrogen (secondary N) is 1. The van der Waals surface area contributed by atoms with Gasteiger partial charge in [-0.3, -0.25) is 9.69 Å². The Balaban J connectivity index is 1.69. The lowest BCUT2D eigenvalue weighted by Crippen LogP contribution is -2.36. The van der Waals surface area contributed by atoms with E-state index < -0.39 is 0 Å². The second-order valence-corrected chi connectivity index (χ2v) is 8.71. The maximum Gasteiger partial charge on any atom is 0.251 e. The molecule has 0 bridgehead atoms. The summed E-state index contributed by atoms with van der Waals surface area (Å²) in [4.78, 5) is 15.2. The molecule has 1 amide bonds. The Morgan fingerprint density at radius 3 is 2.15 bits per heavy atom. The number of aryl methyl sites for hydroxylation is 1. The Bertz CT molecular complexity index is 750. The standard InChI is InChI=1S/C24H32N2O/c1-18-7-9-19(10-8-18)22(26-15-5-6-16-26)17-25-23(27)20-11-13-21(14-12-20)24(2,3)4/h7-14,22H,5-6,15-17H2,1-4H3,(H,25,27)/t22-/m0/s1. The summed E-state index contributed by atoms with van der Waals surface area (Å²) in [6.07, 6.45) is 2.48. The van der Waals surface area contributed by atoms with E-state index in [-0.39, 0.29) is 17.4 Å². The average molecular weight is 365 g/mol. The number of hydrogen-bond donors (Lipinski definition) is 1. The van der Waals surface area contributed by atoms with E-state index in [1.807, 2.05) is 12.1 Å². The SMILES string of the molecule is Cc1ccc([C@H](CNC(=O)c2ccc(C(C)(C)C)cc2)N2CCCC2)cc1. The molecule has 3 nitrogen and oxygen atoms in total. The van der Waals surface area contributed by atoms with Gasteiger partial charge in [0.05, 0.1) is 6.04 Å². The van der Waals surface area contributed by atoms with Crippen LogP contribution in [0, 0.1) is 6.92 Å². The topological polar surface area (TPSA) is 32.3 Å². The van der Waals surface area contributed by atoms with Crippen molar-refractivity contribution in [3.05, 3.63) is 70.8 Å². The summed E-state index contributed by atoms with van der Waals surface area (Å²) in [5.74, 6) is 0.00627. The molecule has 0 aliphatic carbocycles. The molecule has 1 atom stereocenters. The van der Waals surface area contributed by atoms with E-state index in [0.717, 1.165) is 18.7 Å². The monoisotopic (exact) mass is 364 g/mol. The van der Waals surface area contributed by atoms with Crippen LogP contribution in [0.1, 0.15) is 66.7 Å². The highest BCUT2D eigenvalue weighted by molar-refractivity contribution is 5.94. The summed E-state index contributed by atoms with van der Waals surface area (Å²) in [6, 6.07) is 17.0. The van der Waals surface area contributed by atoms with Crippen molar-refractivity contribution in [3.63, 3.8) is 0 Å². The van der Waals surface area contributed by atoms with Crippen molar-refractivity contribution in [1.82, 2.24) is 10.2 Å². The van der Waals surface area contributed by atoms with E-state index in [1.54, 1.807) is 0 Å². The minimum Gasteiger partial charge on any atom is -0.350 e. The predicted molar refractivity (Wildman–Crippen MR) is 112 cm³/mol. The van der Waals surface area contributed by atoms with Gasteiger partial charge in [0.1, 0.15) is 0 Å². The Labute approximate surface area is 163 Å². The van der Waals surface area contributed by atoms with Crippen LogP contribution in [0.5, 0.6) is 0 Å². The first kappa shape index (κ1) is 19.6. The fraction of sp³-hybridized carbons (Fsp3) is 0.458. The van der Waals surface area contributed by atoms with Crippen LogP contribution in [-0.2, 0) is 5.41 Å². The lowest BCUT2D eigenvalue weighted by Gasteiger charge is -2.28. The molecule has 0 radical (unpaired) electrons. The van der Waals surface area contributed by atoms with Gasteiger partial charge in [0, 0.05) is 12.1 Å². The number of hydrogen-bond acceptors (Lipinski definition) is 2. The molecule has 1 heterocycles. The van der Waals surface area contributed by atoms with Gasteiger partial charge in [0.2, 0.25) is 0 Å². The molecular formula is C24H32N2O. The van der Waals surface area contributed by atoms with E-state index in [1.165, 1.54) is 29.5 Å². The first-order chi connectivity index (χ1) is 12.8. The second-order valence-electron chi connectivity index (χ2n) is 8.71. The van der Waals surface area contributed by atoms with Gasteiger partial charge in [-0.2, -0.15) is 0 Å². The molecule has 3 heteroatoms. The maximum atomic E-state index is 12.7. The Kier molecular flexibility index (Phi) is 6.01. The lowest BCUT2D eigenvalue weighted by atomic mass is 9.87. The number of rotatable bonds is 5. The largest absolute Gasteiger partial charge is 0.350 e. The number of nitrogens with zero attached hydrogens (tertiary/aromatic N) is 1. The molecule has 2 aromatic carbocycles. The molecular weight excluding hydrogens is 332 g/mol. The summed E-state index contributed by atoms with van der Waals surface area (Å²) >= 11 is 0. The zero-order valence-electron chi connectivity index (χ0n) is 17.1. The Hall–Kier alpha value is -2.13. The molecule has 1 aliphatic heterocycles. The van der Waals surface area contributed by atoms with Crippen LogP contribution in [0.2, 0.25) is 0 Å². The van der Waals surface area contributed by atoms with Crippen LogP contribution < -0.4 is 5.32 Å². The molecule has 1 saturated heterocycles. The number of likely N-dealkylation sites (tertiary alicyclic amines) is 1. The number of amides is 1. The average Bonchev–Trinajstić information content (AvgIpc) is 3.17. The zero-order chi connectivity index (χ0) is 19.4. The molecule has 0 saturated carbocycles. The van der Waals surface area contributed by atoms with E-state index in [0.29, 0.717) is 6.54 Å². The van der Waals surface area contributed by atoms with Crippen molar-refractivity contribution in [3.8, 4) is 0 Å². The molecule has 1 N–H and O–H groups in total. The van der Waals surface area contributed by atoms with Gasteiger partial charge < -0.3 is 5.32 Å². The molecule has 2 aromatic rings. The summed E-state index contributed by atoms with van der Waals surface area (Å²) in [5.41, 5.74) is 4.62. The van der Waals surface area contributed by atoms with Crippen molar-refractivity contribution in [2.75, 3.05) is 19.6 Å². The highest BCUT2D eigenvalue weighted by atomic mass is 16.1. The number of benzene rings is 2. The predicted octanol–water partition coefficient (Wildman–Crippen LogP) is 4.86. The van der Waals surface area contributed by atoms with Crippen LogP contribution in [0.15, 0.2) is 48.5 Å². The van der Waals surface area contributed by atoms with Crippen molar-refractivity contribution in [2.45, 2.75) is 52.0 Å². The highest BCUT2D eigenvalue weighted by Gasteiger charge is 2.24. The Morgan fingerprint density at radius 2 is 1.59 bits per heavy atom. The van der Waals surface area contributed by atoms with Crippen molar-refractivity contribution >= 4 is 5.91 Å². The van der Waals surface area contributed by atoms with Gasteiger partial charge in [-0.1, -0.05) is 62.7 Å². The molecule has 0 spiro atoms. The smallest absolute Gasteiger partial charge is 0.251 e. The van der Waals surface area contributed by atoms with Crippen LogP contribution >= 0.6 is 0 Å². The second kappa shape index (κ2) is 8.26. The molecule has 3 rings (SSSR count). The normalized spacial score (nSPS) is 16.3. The Morgan fingerprint density at radius 1 is 1.00 bits per heavy atom. The molecule has 1 aliphatic rings. The quantitative estimate of drug-likeness (QED) is 0.822. The highest BCUT2D eigenvalue weighted by Crippen LogP contribution is 2.25. The fourth-order valence-corrected chi connectivity index (χ4v) is 3.71. The van der Waals surface area contributed by atoms with E-state index in [9.17, 15) is 4.79 Å². The first-order valence-corrected chi connectivity index (χ1v) is 10.0. The van der Waals surface area contributed by atoms with Crippen LogP contribution in [0.3, 0.4) is 0 Å². The molecule has 144 valence electrons. The summed E-state index contributed by atoms with van der Waals surface area (Å²) < 4.78 is 0. The molecule has 27 heavy (non-hydrogen) atoms. The zero-order valence-corrected chi connectivity index (χ0v) is 17.1. The van der Waals surface area contributed by atoms with Crippen LogP contribution in [0.25, 0.3) is 0 Å². The van der Waals surface area contributed by atoms with Crippen LogP contribution in [-0.4, -0.2) is 30.4 Å². The van der Waals surface area contributed by atoms with Crippen molar-refractivity contribution in [1.29, 1.82) is 0 Å². The van der Waals surface area contributed by atoms with Gasteiger partial charge in [0.25, 0.3) is 5.91 Å². The van der Waals surface area contributed by atoms with Gasteiger partial charge in [-0.05, 0) is 61.5 Å². The lowest BCUT2D eigenvalue weighted by molar-refractivity contribution is 0.0938. The number of carbonyl (C=O) groups excluding carboxylic acids is 1. The number of carbonyl (C=O) groups is 1. The minimum atomic E-state index is 0.00627. The third-order valence-electron chi connectivity index (χ3n) is 5.51. The summed E-state index contributed by atoms with van der Waals surface area (Å²) in [6.45, 7) is 11.5. The minimum absolute atomic E-state index is 0.00627. The van der Waals surface area contributed by atoms with Crippen LogP contribution in [0.4, 0.5) is 0 Å². The van der Waals surface area contributed by atoms with E-state index >= 15 is 0 Å². The van der Waals surface area contributed by atoms with Crippen molar-refractivity contribution < 1.29 is 4.79 Å². The van der Waals surface area contributed by atoms with E-state index in [4.69, 9.17) is 0 Å². The van der Waals surface area contributed by atoms with Gasteiger partial charge in [0.15, 0.2) is 0 Å². The third kappa shape index (κ3) is 4.98. The first-order valence-electron chi connectivity index (χ1n) is 10.0. The van der Waals surface area contributed by atoms with Gasteiger partial charge in [-0.25, -0.2) is 0 Å². The molecule has 1 fully saturated rings. The van der Waals surface area contributed by atoms with Gasteiger partial charge in [-0.15, -0.1) is 0 Å². The van der Waals surface area contributed by atoms with E-state index in [2.05, 4.69) is 74.3 Å². The fourth-order valence-electron chi connectivity index (χ4n) is 3.71.